The molecule has 108 valence electrons. The maximum atomic E-state index is 11.7. The van der Waals surface area contributed by atoms with Crippen molar-refractivity contribution in [3.05, 3.63) is 24.3 Å². The number of carbonyl (C=O) groups is 1. The van der Waals surface area contributed by atoms with Crippen LogP contribution in [0.5, 0.6) is 0 Å². The van der Waals surface area contributed by atoms with Gasteiger partial charge < -0.3 is 10.2 Å². The molecule has 1 aliphatic carbocycles. The van der Waals surface area contributed by atoms with Crippen LogP contribution in [0.25, 0.3) is 0 Å². The average molecular weight is 272 g/mol. The molecule has 1 N–H and O–H groups in total. The zero-order valence-corrected chi connectivity index (χ0v) is 12.3. The Morgan fingerprint density at radius 1 is 1.20 bits per heavy atom. The molecule has 2 aliphatic rings. The van der Waals surface area contributed by atoms with Gasteiger partial charge in [-0.3, -0.25) is 4.79 Å². The highest BCUT2D eigenvalue weighted by Gasteiger charge is 2.25. The second-order valence-corrected chi connectivity index (χ2v) is 6.05. The minimum Gasteiger partial charge on any atom is -0.382 e. The Kier molecular flexibility index (Phi) is 3.95. The summed E-state index contributed by atoms with van der Waals surface area (Å²) in [7, 11) is 0. The molecule has 1 aromatic carbocycles. The smallest absolute Gasteiger partial charge is 0.227 e. The molecule has 3 nitrogen and oxygen atoms in total. The number of hydrogen-bond donors (Lipinski definition) is 1. The molecule has 1 aliphatic heterocycles. The topological polar surface area (TPSA) is 32.3 Å². The summed E-state index contributed by atoms with van der Waals surface area (Å²) in [5.74, 6) is 1.07. The fraction of sp³-hybridized carbons (Fsp3) is 0.588. The first-order chi connectivity index (χ1) is 9.78. The van der Waals surface area contributed by atoms with E-state index in [0.717, 1.165) is 24.6 Å². The van der Waals surface area contributed by atoms with Crippen LogP contribution in [0.4, 0.5) is 11.4 Å². The summed E-state index contributed by atoms with van der Waals surface area (Å²) in [5, 5.41) is 3.67. The van der Waals surface area contributed by atoms with E-state index >= 15 is 0 Å². The number of carbonyl (C=O) groups excluding carboxylic acids is 1. The molecule has 3 rings (SSSR count). The van der Waals surface area contributed by atoms with Crippen LogP contribution < -0.4 is 10.2 Å². The van der Waals surface area contributed by atoms with Gasteiger partial charge in [0.1, 0.15) is 0 Å². The maximum absolute atomic E-state index is 11.7. The monoisotopic (exact) mass is 272 g/mol. The van der Waals surface area contributed by atoms with E-state index in [9.17, 15) is 4.79 Å². The summed E-state index contributed by atoms with van der Waals surface area (Å²) in [6.07, 6.45) is 6.92. The Morgan fingerprint density at radius 3 is 2.65 bits per heavy atom. The molecule has 3 heteroatoms. The van der Waals surface area contributed by atoms with E-state index in [0.29, 0.717) is 12.5 Å². The van der Waals surface area contributed by atoms with Gasteiger partial charge in [0.15, 0.2) is 0 Å². The Bertz CT molecular complexity index is 468. The predicted octanol–water partition coefficient (Wildman–Crippen LogP) is 3.80. The van der Waals surface area contributed by atoms with Crippen LogP contribution in [0.1, 0.15) is 45.4 Å². The van der Waals surface area contributed by atoms with Crippen LogP contribution in [0.15, 0.2) is 24.3 Å². The van der Waals surface area contributed by atoms with Gasteiger partial charge in [-0.1, -0.05) is 19.8 Å². The Labute approximate surface area is 121 Å². The fourth-order valence-electron chi connectivity index (χ4n) is 3.59. The molecule has 2 unspecified atom stereocenters. The summed E-state index contributed by atoms with van der Waals surface area (Å²) in [6.45, 7) is 3.15. The first kappa shape index (κ1) is 13.5. The molecule has 1 saturated carbocycles. The van der Waals surface area contributed by atoms with E-state index in [4.69, 9.17) is 0 Å². The summed E-state index contributed by atoms with van der Waals surface area (Å²) < 4.78 is 0. The largest absolute Gasteiger partial charge is 0.382 e. The number of amides is 1. The van der Waals surface area contributed by atoms with Gasteiger partial charge in [0.25, 0.3) is 0 Å². The van der Waals surface area contributed by atoms with Crippen LogP contribution in [0.2, 0.25) is 0 Å². The molecule has 0 radical (unpaired) electrons. The summed E-state index contributed by atoms with van der Waals surface area (Å²) >= 11 is 0. The van der Waals surface area contributed by atoms with Crippen molar-refractivity contribution in [1.29, 1.82) is 0 Å². The quantitative estimate of drug-likeness (QED) is 0.904. The van der Waals surface area contributed by atoms with Crippen LogP contribution in [0.3, 0.4) is 0 Å². The van der Waals surface area contributed by atoms with Crippen molar-refractivity contribution in [2.75, 3.05) is 16.8 Å². The average Bonchev–Trinajstić information content (AvgIpc) is 3.08. The lowest BCUT2D eigenvalue weighted by molar-refractivity contribution is -0.117. The molecule has 20 heavy (non-hydrogen) atoms. The van der Waals surface area contributed by atoms with E-state index in [2.05, 4.69) is 36.5 Å². The fourth-order valence-corrected chi connectivity index (χ4v) is 3.59. The minimum absolute atomic E-state index is 0.257. The molecule has 0 bridgehead atoms. The lowest BCUT2D eigenvalue weighted by atomic mass is 10.0. The third kappa shape index (κ3) is 2.67. The van der Waals surface area contributed by atoms with Crippen molar-refractivity contribution in [2.45, 2.75) is 51.5 Å². The molecule has 2 fully saturated rings. The zero-order chi connectivity index (χ0) is 13.9. The molecule has 1 saturated heterocycles. The number of rotatable bonds is 4. The van der Waals surface area contributed by atoms with E-state index in [-0.39, 0.29) is 5.91 Å². The van der Waals surface area contributed by atoms with E-state index in [1.807, 2.05) is 4.90 Å². The molecule has 0 spiro atoms. The first-order valence-corrected chi connectivity index (χ1v) is 7.95. The van der Waals surface area contributed by atoms with Crippen molar-refractivity contribution in [3.63, 3.8) is 0 Å². The number of nitrogens with zero attached hydrogens (tertiary/aromatic N) is 1. The van der Waals surface area contributed by atoms with Gasteiger partial charge in [0.05, 0.1) is 0 Å². The molecule has 1 aromatic rings. The highest BCUT2D eigenvalue weighted by molar-refractivity contribution is 5.95. The van der Waals surface area contributed by atoms with Crippen molar-refractivity contribution < 1.29 is 4.79 Å². The van der Waals surface area contributed by atoms with Gasteiger partial charge in [-0.2, -0.15) is 0 Å². The first-order valence-electron chi connectivity index (χ1n) is 7.95. The van der Waals surface area contributed by atoms with Crippen LogP contribution in [-0.4, -0.2) is 18.5 Å². The van der Waals surface area contributed by atoms with Gasteiger partial charge in [-0.05, 0) is 49.4 Å². The van der Waals surface area contributed by atoms with E-state index in [1.165, 1.54) is 31.4 Å². The zero-order valence-electron chi connectivity index (χ0n) is 12.3. The van der Waals surface area contributed by atoms with E-state index in [1.54, 1.807) is 0 Å². The third-order valence-electron chi connectivity index (χ3n) is 4.79. The second kappa shape index (κ2) is 5.86. The molecule has 0 aromatic heterocycles. The van der Waals surface area contributed by atoms with Gasteiger partial charge in [-0.15, -0.1) is 0 Å². The Balaban J connectivity index is 1.65. The van der Waals surface area contributed by atoms with Gasteiger partial charge in [-0.25, -0.2) is 0 Å². The molecular formula is C17H24N2O. The number of hydrogen-bond acceptors (Lipinski definition) is 2. The highest BCUT2D eigenvalue weighted by Crippen LogP contribution is 2.31. The third-order valence-corrected chi connectivity index (χ3v) is 4.79. The molecular weight excluding hydrogens is 248 g/mol. The van der Waals surface area contributed by atoms with Gasteiger partial charge in [0.2, 0.25) is 5.91 Å². The SMILES string of the molecule is CCC1CCCC1Nc1ccc(N2CCCC2=O)cc1. The van der Waals surface area contributed by atoms with Gasteiger partial charge in [0, 0.05) is 30.4 Å². The van der Waals surface area contributed by atoms with Crippen LogP contribution in [-0.2, 0) is 4.79 Å². The lowest BCUT2D eigenvalue weighted by Gasteiger charge is -2.22. The summed E-state index contributed by atoms with van der Waals surface area (Å²) in [6, 6.07) is 9.00. The maximum Gasteiger partial charge on any atom is 0.227 e. The van der Waals surface area contributed by atoms with Crippen molar-refractivity contribution >= 4 is 17.3 Å². The van der Waals surface area contributed by atoms with E-state index < -0.39 is 0 Å². The van der Waals surface area contributed by atoms with Crippen molar-refractivity contribution in [3.8, 4) is 0 Å². The molecule has 2 atom stereocenters. The Hall–Kier alpha value is -1.51. The number of nitrogens with one attached hydrogen (secondary N) is 1. The van der Waals surface area contributed by atoms with Crippen molar-refractivity contribution in [1.82, 2.24) is 0 Å². The van der Waals surface area contributed by atoms with Crippen molar-refractivity contribution in [2.24, 2.45) is 5.92 Å². The predicted molar refractivity (Wildman–Crippen MR) is 83.1 cm³/mol. The van der Waals surface area contributed by atoms with Gasteiger partial charge >= 0.3 is 0 Å². The second-order valence-electron chi connectivity index (χ2n) is 6.05. The highest BCUT2D eigenvalue weighted by atomic mass is 16.2. The lowest BCUT2D eigenvalue weighted by Crippen LogP contribution is -2.24. The summed E-state index contributed by atoms with van der Waals surface area (Å²) in [4.78, 5) is 13.6. The van der Waals surface area contributed by atoms with Crippen LogP contribution >= 0.6 is 0 Å². The minimum atomic E-state index is 0.257. The van der Waals surface area contributed by atoms with Crippen LogP contribution in [0, 0.1) is 5.92 Å². The summed E-state index contributed by atoms with van der Waals surface area (Å²) in [5.41, 5.74) is 2.22. The normalized spacial score (nSPS) is 26.2. The Morgan fingerprint density at radius 2 is 2.00 bits per heavy atom. The number of benzene rings is 1. The molecule has 1 amide bonds. The molecule has 1 heterocycles. The standard InChI is InChI=1S/C17H24N2O/c1-2-13-5-3-6-16(13)18-14-8-10-15(11-9-14)19-12-4-7-17(19)20/h8-11,13,16,18H,2-7,12H2,1H3. The number of anilines is 2.